The lowest BCUT2D eigenvalue weighted by Gasteiger charge is -2.08. The quantitative estimate of drug-likeness (QED) is 0.632. The third-order valence-corrected chi connectivity index (χ3v) is 2.78. The molecule has 0 atom stereocenters. The van der Waals surface area contributed by atoms with Crippen LogP contribution in [0.4, 0.5) is 4.39 Å². The van der Waals surface area contributed by atoms with Crippen LogP contribution in [0.1, 0.15) is 11.3 Å². The van der Waals surface area contributed by atoms with Crippen LogP contribution >= 0.6 is 0 Å². The molecule has 1 aromatic carbocycles. The fraction of sp³-hybridized carbons (Fsp3) is 0.231. The Morgan fingerprint density at radius 1 is 1.47 bits per heavy atom. The number of benzene rings is 1. The standard InChI is InChI=1S/C13H15FN4O/c1-18-10(4-6-17-18)5-7-19-12-3-2-9(13(15)16)8-11(12)14/h2-4,6,8H,5,7H2,1H3,(H3,15,16). The third kappa shape index (κ3) is 3.09. The first-order chi connectivity index (χ1) is 9.08. The van der Waals surface area contributed by atoms with Crippen molar-refractivity contribution < 1.29 is 9.13 Å². The summed E-state index contributed by atoms with van der Waals surface area (Å²) in [7, 11) is 1.84. The summed E-state index contributed by atoms with van der Waals surface area (Å²) in [6, 6.07) is 6.13. The predicted molar refractivity (Wildman–Crippen MR) is 69.8 cm³/mol. The molecule has 0 fully saturated rings. The second-order valence-electron chi connectivity index (χ2n) is 4.10. The van der Waals surface area contributed by atoms with Gasteiger partial charge in [-0.2, -0.15) is 5.10 Å². The van der Waals surface area contributed by atoms with Crippen molar-refractivity contribution in [3.8, 4) is 5.75 Å². The zero-order valence-electron chi connectivity index (χ0n) is 10.6. The molecule has 0 saturated heterocycles. The maximum Gasteiger partial charge on any atom is 0.165 e. The Labute approximate surface area is 110 Å². The van der Waals surface area contributed by atoms with Crippen LogP contribution in [0.2, 0.25) is 0 Å². The van der Waals surface area contributed by atoms with E-state index in [1.54, 1.807) is 16.9 Å². The van der Waals surface area contributed by atoms with Gasteiger partial charge in [-0.1, -0.05) is 0 Å². The molecule has 6 heteroatoms. The minimum Gasteiger partial charge on any atom is -0.490 e. The molecular formula is C13H15FN4O. The molecule has 19 heavy (non-hydrogen) atoms. The topological polar surface area (TPSA) is 76.9 Å². The van der Waals surface area contributed by atoms with Crippen molar-refractivity contribution in [3.05, 3.63) is 47.5 Å². The van der Waals surface area contributed by atoms with E-state index in [0.29, 0.717) is 18.6 Å². The van der Waals surface area contributed by atoms with Crippen molar-refractivity contribution in [1.29, 1.82) is 5.41 Å². The summed E-state index contributed by atoms with van der Waals surface area (Å²) in [5.41, 5.74) is 6.64. The van der Waals surface area contributed by atoms with E-state index in [1.807, 2.05) is 13.1 Å². The summed E-state index contributed by atoms with van der Waals surface area (Å²) in [4.78, 5) is 0. The number of nitrogens with zero attached hydrogens (tertiary/aromatic N) is 2. The van der Waals surface area contributed by atoms with E-state index in [2.05, 4.69) is 5.10 Å². The summed E-state index contributed by atoms with van der Waals surface area (Å²) in [6.45, 7) is 0.357. The highest BCUT2D eigenvalue weighted by molar-refractivity contribution is 5.95. The molecule has 0 aliphatic heterocycles. The molecule has 0 bridgehead atoms. The summed E-state index contributed by atoms with van der Waals surface area (Å²) >= 11 is 0. The molecule has 0 unspecified atom stereocenters. The van der Waals surface area contributed by atoms with Crippen molar-refractivity contribution in [2.45, 2.75) is 6.42 Å². The largest absolute Gasteiger partial charge is 0.490 e. The number of nitrogens with one attached hydrogen (secondary N) is 1. The Bertz CT molecular complexity index is 594. The SMILES string of the molecule is Cn1nccc1CCOc1ccc(C(=N)N)cc1F. The number of halogens is 1. The molecule has 2 rings (SSSR count). The molecule has 0 aliphatic carbocycles. The van der Waals surface area contributed by atoms with Gasteiger partial charge in [-0.3, -0.25) is 10.1 Å². The minimum atomic E-state index is -0.516. The van der Waals surface area contributed by atoms with Crippen LogP contribution < -0.4 is 10.5 Å². The van der Waals surface area contributed by atoms with Gasteiger partial charge in [-0.05, 0) is 24.3 Å². The maximum atomic E-state index is 13.7. The van der Waals surface area contributed by atoms with E-state index in [0.717, 1.165) is 5.69 Å². The fourth-order valence-corrected chi connectivity index (χ4v) is 1.70. The summed E-state index contributed by atoms with van der Waals surface area (Å²) < 4.78 is 20.8. The molecule has 0 amide bonds. The zero-order chi connectivity index (χ0) is 13.8. The van der Waals surface area contributed by atoms with Crippen molar-refractivity contribution >= 4 is 5.84 Å². The third-order valence-electron chi connectivity index (χ3n) is 2.78. The van der Waals surface area contributed by atoms with Gasteiger partial charge in [0.2, 0.25) is 0 Å². The van der Waals surface area contributed by atoms with Gasteiger partial charge in [0.1, 0.15) is 5.84 Å². The minimum absolute atomic E-state index is 0.159. The van der Waals surface area contributed by atoms with E-state index < -0.39 is 5.82 Å². The monoisotopic (exact) mass is 262 g/mol. The van der Waals surface area contributed by atoms with Crippen LogP contribution in [-0.2, 0) is 13.5 Å². The molecule has 0 saturated carbocycles. The fourth-order valence-electron chi connectivity index (χ4n) is 1.70. The summed E-state index contributed by atoms with van der Waals surface area (Å²) in [5.74, 6) is -0.523. The van der Waals surface area contributed by atoms with Crippen molar-refractivity contribution in [1.82, 2.24) is 9.78 Å². The molecule has 100 valence electrons. The molecule has 0 aliphatic rings. The lowest BCUT2D eigenvalue weighted by atomic mass is 10.2. The maximum absolute atomic E-state index is 13.7. The lowest BCUT2D eigenvalue weighted by molar-refractivity contribution is 0.302. The first-order valence-corrected chi connectivity index (χ1v) is 5.81. The summed E-state index contributed by atoms with van der Waals surface area (Å²) in [5, 5.41) is 11.3. The van der Waals surface area contributed by atoms with Gasteiger partial charge in [0.25, 0.3) is 0 Å². The van der Waals surface area contributed by atoms with Crippen LogP contribution in [-0.4, -0.2) is 22.2 Å². The first kappa shape index (κ1) is 13.1. The van der Waals surface area contributed by atoms with E-state index in [-0.39, 0.29) is 11.6 Å². The van der Waals surface area contributed by atoms with Crippen LogP contribution in [0, 0.1) is 11.2 Å². The van der Waals surface area contributed by atoms with Crippen LogP contribution in [0.5, 0.6) is 5.75 Å². The Balaban J connectivity index is 1.96. The molecule has 3 N–H and O–H groups in total. The number of amidine groups is 1. The van der Waals surface area contributed by atoms with Gasteiger partial charge in [0.05, 0.1) is 6.61 Å². The molecular weight excluding hydrogens is 247 g/mol. The van der Waals surface area contributed by atoms with Crippen molar-refractivity contribution in [2.75, 3.05) is 6.61 Å². The average Bonchev–Trinajstić information content (AvgIpc) is 2.77. The van der Waals surface area contributed by atoms with Crippen molar-refractivity contribution in [2.24, 2.45) is 12.8 Å². The molecule has 5 nitrogen and oxygen atoms in total. The van der Waals surface area contributed by atoms with Gasteiger partial charge in [0, 0.05) is 30.9 Å². The molecule has 1 heterocycles. The highest BCUT2D eigenvalue weighted by Crippen LogP contribution is 2.18. The van der Waals surface area contributed by atoms with E-state index in [9.17, 15) is 4.39 Å². The Morgan fingerprint density at radius 2 is 2.26 bits per heavy atom. The molecule has 0 radical (unpaired) electrons. The number of aromatic nitrogens is 2. The number of nitrogens with two attached hydrogens (primary N) is 1. The number of hydrogen-bond acceptors (Lipinski definition) is 3. The van der Waals surface area contributed by atoms with Gasteiger partial charge in [0.15, 0.2) is 11.6 Å². The van der Waals surface area contributed by atoms with Gasteiger partial charge in [-0.15, -0.1) is 0 Å². The summed E-state index contributed by atoms with van der Waals surface area (Å²) in [6.07, 6.45) is 2.35. The van der Waals surface area contributed by atoms with Crippen molar-refractivity contribution in [3.63, 3.8) is 0 Å². The Hall–Kier alpha value is -2.37. The Kier molecular flexibility index (Phi) is 3.79. The molecule has 1 aromatic heterocycles. The van der Waals surface area contributed by atoms with Crippen LogP contribution in [0.25, 0.3) is 0 Å². The van der Waals surface area contributed by atoms with Crippen LogP contribution in [0.3, 0.4) is 0 Å². The predicted octanol–water partition coefficient (Wildman–Crippen LogP) is 1.46. The van der Waals surface area contributed by atoms with E-state index >= 15 is 0 Å². The smallest absolute Gasteiger partial charge is 0.165 e. The first-order valence-electron chi connectivity index (χ1n) is 5.81. The highest BCUT2D eigenvalue weighted by Gasteiger charge is 2.07. The van der Waals surface area contributed by atoms with E-state index in [4.69, 9.17) is 15.9 Å². The zero-order valence-corrected chi connectivity index (χ0v) is 10.6. The number of ether oxygens (including phenoxy) is 1. The second-order valence-corrected chi connectivity index (χ2v) is 4.10. The molecule has 2 aromatic rings. The molecule has 0 spiro atoms. The number of rotatable bonds is 5. The number of nitrogen functional groups attached to an aromatic ring is 1. The van der Waals surface area contributed by atoms with E-state index in [1.165, 1.54) is 12.1 Å². The van der Waals surface area contributed by atoms with Crippen LogP contribution in [0.15, 0.2) is 30.5 Å². The van der Waals surface area contributed by atoms with Gasteiger partial charge in [-0.25, -0.2) is 4.39 Å². The normalized spacial score (nSPS) is 10.4. The highest BCUT2D eigenvalue weighted by atomic mass is 19.1. The number of hydrogen-bond donors (Lipinski definition) is 2. The number of aryl methyl sites for hydroxylation is 1. The Morgan fingerprint density at radius 3 is 2.84 bits per heavy atom. The second kappa shape index (κ2) is 5.51. The van der Waals surface area contributed by atoms with Gasteiger partial charge < -0.3 is 10.5 Å². The average molecular weight is 262 g/mol. The lowest BCUT2D eigenvalue weighted by Crippen LogP contribution is -2.12. The van der Waals surface area contributed by atoms with Gasteiger partial charge >= 0.3 is 0 Å².